The second kappa shape index (κ2) is 7.65. The molecule has 0 bridgehead atoms. The van der Waals surface area contributed by atoms with Gasteiger partial charge in [0.2, 0.25) is 5.91 Å². The van der Waals surface area contributed by atoms with Crippen molar-refractivity contribution in [2.24, 2.45) is 12.5 Å². The standard InChI is InChI=1S/C26H30N4O/c1-26(2)18-29(16-22(26)21-14-27-28(3)15-21)17-25(31)30-23-10-6-4-8-19(23)12-13-20-9-5-7-11-24(20)30/h4-11,14-15,22H,12-13,16-18H2,1-3H3. The zero-order valence-electron chi connectivity index (χ0n) is 18.6. The molecule has 1 amide bonds. The fourth-order valence-corrected chi connectivity index (χ4v) is 5.36. The van der Waals surface area contributed by atoms with Crippen molar-refractivity contribution in [3.05, 3.63) is 77.6 Å². The minimum Gasteiger partial charge on any atom is -0.293 e. The molecule has 0 radical (unpaired) electrons. The summed E-state index contributed by atoms with van der Waals surface area (Å²) in [5.41, 5.74) is 5.88. The number of hydrogen-bond donors (Lipinski definition) is 0. The van der Waals surface area contributed by atoms with E-state index in [4.69, 9.17) is 0 Å². The minimum absolute atomic E-state index is 0.0952. The Hall–Kier alpha value is -2.92. The number of amides is 1. The Kier molecular flexibility index (Phi) is 4.94. The number of aromatic nitrogens is 2. The molecule has 5 rings (SSSR count). The Morgan fingerprint density at radius 2 is 1.65 bits per heavy atom. The molecule has 5 heteroatoms. The minimum atomic E-state index is 0.0952. The first-order chi connectivity index (χ1) is 14.9. The summed E-state index contributed by atoms with van der Waals surface area (Å²) in [6.07, 6.45) is 5.99. The predicted octanol–water partition coefficient (Wildman–Crippen LogP) is 4.31. The molecule has 2 aliphatic rings. The molecule has 1 saturated heterocycles. The molecule has 1 fully saturated rings. The normalized spacial score (nSPS) is 20.2. The summed E-state index contributed by atoms with van der Waals surface area (Å²) >= 11 is 0. The van der Waals surface area contributed by atoms with Crippen LogP contribution in [-0.2, 0) is 24.7 Å². The fraction of sp³-hybridized carbons (Fsp3) is 0.385. The monoisotopic (exact) mass is 414 g/mol. The average Bonchev–Trinajstić information content (AvgIpc) is 3.24. The largest absolute Gasteiger partial charge is 0.293 e. The Bertz CT molecular complexity index is 1070. The van der Waals surface area contributed by atoms with E-state index in [1.807, 2.05) is 35.0 Å². The summed E-state index contributed by atoms with van der Waals surface area (Å²) in [4.78, 5) is 18.0. The molecular weight excluding hydrogens is 384 g/mol. The third kappa shape index (κ3) is 3.68. The zero-order chi connectivity index (χ0) is 21.6. The van der Waals surface area contributed by atoms with Gasteiger partial charge >= 0.3 is 0 Å². The summed E-state index contributed by atoms with van der Waals surface area (Å²) < 4.78 is 1.87. The molecule has 0 N–H and O–H groups in total. The highest BCUT2D eigenvalue weighted by Crippen LogP contribution is 2.42. The van der Waals surface area contributed by atoms with Crippen LogP contribution in [0.25, 0.3) is 0 Å². The van der Waals surface area contributed by atoms with E-state index in [-0.39, 0.29) is 11.3 Å². The fourth-order valence-electron chi connectivity index (χ4n) is 5.36. The van der Waals surface area contributed by atoms with Crippen molar-refractivity contribution in [2.45, 2.75) is 32.6 Å². The van der Waals surface area contributed by atoms with Crippen LogP contribution in [0.5, 0.6) is 0 Å². The Balaban J connectivity index is 1.43. The van der Waals surface area contributed by atoms with Crippen molar-refractivity contribution in [1.82, 2.24) is 14.7 Å². The number of rotatable bonds is 3. The van der Waals surface area contributed by atoms with Gasteiger partial charge in [-0.2, -0.15) is 5.10 Å². The van der Waals surface area contributed by atoms with Gasteiger partial charge in [0.15, 0.2) is 0 Å². The van der Waals surface area contributed by atoms with Crippen molar-refractivity contribution >= 4 is 17.3 Å². The number of anilines is 2. The molecule has 0 spiro atoms. The lowest BCUT2D eigenvalue weighted by molar-refractivity contribution is -0.118. The van der Waals surface area contributed by atoms with E-state index in [0.717, 1.165) is 37.3 Å². The number of para-hydroxylation sites is 2. The highest BCUT2D eigenvalue weighted by atomic mass is 16.2. The van der Waals surface area contributed by atoms with Crippen molar-refractivity contribution in [3.8, 4) is 0 Å². The molecule has 1 atom stereocenters. The van der Waals surface area contributed by atoms with Gasteiger partial charge in [-0.1, -0.05) is 50.2 Å². The van der Waals surface area contributed by atoms with Crippen LogP contribution in [0.4, 0.5) is 11.4 Å². The van der Waals surface area contributed by atoms with Crippen LogP contribution in [0.2, 0.25) is 0 Å². The predicted molar refractivity (Wildman–Crippen MR) is 124 cm³/mol. The van der Waals surface area contributed by atoms with Crippen LogP contribution in [-0.4, -0.2) is 40.2 Å². The summed E-state index contributed by atoms with van der Waals surface area (Å²) in [7, 11) is 1.96. The van der Waals surface area contributed by atoms with Gasteiger partial charge in [0.25, 0.3) is 0 Å². The molecule has 160 valence electrons. The summed E-state index contributed by atoms with van der Waals surface area (Å²) in [6, 6.07) is 16.7. The number of aryl methyl sites for hydroxylation is 3. The summed E-state index contributed by atoms with van der Waals surface area (Å²) in [6.45, 7) is 6.79. The van der Waals surface area contributed by atoms with Crippen LogP contribution >= 0.6 is 0 Å². The topological polar surface area (TPSA) is 41.4 Å². The van der Waals surface area contributed by atoms with Gasteiger partial charge in [0.1, 0.15) is 0 Å². The maximum absolute atomic E-state index is 13.8. The number of fused-ring (bicyclic) bond motifs is 2. The Morgan fingerprint density at radius 3 is 2.23 bits per heavy atom. The van der Waals surface area contributed by atoms with Crippen molar-refractivity contribution in [2.75, 3.05) is 24.5 Å². The molecule has 2 aromatic carbocycles. The Morgan fingerprint density at radius 1 is 1.03 bits per heavy atom. The molecule has 1 unspecified atom stereocenters. The second-order valence-corrected chi connectivity index (χ2v) is 9.64. The highest BCUT2D eigenvalue weighted by Gasteiger charge is 2.41. The second-order valence-electron chi connectivity index (χ2n) is 9.64. The lowest BCUT2D eigenvalue weighted by atomic mass is 9.79. The molecule has 1 aromatic heterocycles. The maximum atomic E-state index is 13.8. The molecular formula is C26H30N4O. The average molecular weight is 415 g/mol. The van der Waals surface area contributed by atoms with Crippen LogP contribution in [0, 0.1) is 5.41 Å². The van der Waals surface area contributed by atoms with Gasteiger partial charge < -0.3 is 0 Å². The Labute approximate surface area is 184 Å². The first-order valence-corrected chi connectivity index (χ1v) is 11.1. The molecule has 31 heavy (non-hydrogen) atoms. The van der Waals surface area contributed by atoms with Gasteiger partial charge in [-0.15, -0.1) is 0 Å². The molecule has 0 aliphatic carbocycles. The van der Waals surface area contributed by atoms with Gasteiger partial charge in [-0.05, 0) is 47.1 Å². The molecule has 5 nitrogen and oxygen atoms in total. The first-order valence-electron chi connectivity index (χ1n) is 11.1. The van der Waals surface area contributed by atoms with Gasteiger partial charge in [0.05, 0.1) is 24.1 Å². The number of carbonyl (C=O) groups is 1. The first kappa shape index (κ1) is 20.0. The lowest BCUT2D eigenvalue weighted by Crippen LogP contribution is -2.38. The van der Waals surface area contributed by atoms with E-state index >= 15 is 0 Å². The van der Waals surface area contributed by atoms with E-state index < -0.39 is 0 Å². The van der Waals surface area contributed by atoms with Gasteiger partial charge in [-0.3, -0.25) is 19.3 Å². The molecule has 2 aliphatic heterocycles. The summed E-state index contributed by atoms with van der Waals surface area (Å²) in [5, 5.41) is 4.37. The number of carbonyl (C=O) groups excluding carboxylic acids is 1. The van der Waals surface area contributed by atoms with E-state index in [1.165, 1.54) is 16.7 Å². The molecule has 0 saturated carbocycles. The molecule has 3 heterocycles. The number of likely N-dealkylation sites (tertiary alicyclic amines) is 1. The van der Waals surface area contributed by atoms with Crippen molar-refractivity contribution in [3.63, 3.8) is 0 Å². The van der Waals surface area contributed by atoms with E-state index in [2.05, 4.69) is 66.4 Å². The smallest absolute Gasteiger partial charge is 0.245 e. The number of benzene rings is 2. The molecule has 3 aromatic rings. The number of nitrogens with zero attached hydrogens (tertiary/aromatic N) is 4. The van der Waals surface area contributed by atoms with Gasteiger partial charge in [-0.25, -0.2) is 0 Å². The van der Waals surface area contributed by atoms with Crippen LogP contribution in [0.15, 0.2) is 60.9 Å². The van der Waals surface area contributed by atoms with Crippen LogP contribution in [0.1, 0.15) is 36.5 Å². The SMILES string of the molecule is Cn1cc(C2CN(CC(=O)N3c4ccccc4CCc4ccccc43)CC2(C)C)cn1. The van der Waals surface area contributed by atoms with Crippen LogP contribution < -0.4 is 4.90 Å². The van der Waals surface area contributed by atoms with Gasteiger partial charge in [0, 0.05) is 32.3 Å². The quantitative estimate of drug-likeness (QED) is 0.641. The highest BCUT2D eigenvalue weighted by molar-refractivity contribution is 6.03. The van der Waals surface area contributed by atoms with E-state index in [0.29, 0.717) is 12.5 Å². The van der Waals surface area contributed by atoms with E-state index in [1.54, 1.807) is 0 Å². The third-order valence-corrected chi connectivity index (χ3v) is 6.88. The van der Waals surface area contributed by atoms with Crippen LogP contribution in [0.3, 0.4) is 0 Å². The van der Waals surface area contributed by atoms with E-state index in [9.17, 15) is 4.79 Å². The van der Waals surface area contributed by atoms with Crippen molar-refractivity contribution < 1.29 is 4.79 Å². The van der Waals surface area contributed by atoms with Crippen molar-refractivity contribution in [1.29, 1.82) is 0 Å². The number of hydrogen-bond acceptors (Lipinski definition) is 3. The summed E-state index contributed by atoms with van der Waals surface area (Å²) in [5.74, 6) is 0.516. The third-order valence-electron chi connectivity index (χ3n) is 6.88. The zero-order valence-corrected chi connectivity index (χ0v) is 18.6. The lowest BCUT2D eigenvalue weighted by Gasteiger charge is -2.27. The maximum Gasteiger partial charge on any atom is 0.245 e.